The van der Waals surface area contributed by atoms with Crippen molar-refractivity contribution in [2.45, 2.75) is 84.2 Å². The van der Waals surface area contributed by atoms with Gasteiger partial charge in [-0.25, -0.2) is 19.7 Å². The molecule has 42 heavy (non-hydrogen) atoms. The fraction of sp³-hybridized carbons (Fsp3) is 0.600. The molecular weight excluding hydrogens is 536 g/mol. The predicted molar refractivity (Wildman–Crippen MR) is 161 cm³/mol. The van der Waals surface area contributed by atoms with Crippen LogP contribution in [0.4, 0.5) is 16.3 Å². The number of hydrogen-bond donors (Lipinski definition) is 3. The van der Waals surface area contributed by atoms with E-state index in [9.17, 15) is 4.79 Å². The number of carbonyl (C=O) groups is 1. The van der Waals surface area contributed by atoms with Gasteiger partial charge in [-0.05, 0) is 49.4 Å². The van der Waals surface area contributed by atoms with Gasteiger partial charge in [0.1, 0.15) is 30.2 Å². The highest BCUT2D eigenvalue weighted by Crippen LogP contribution is 2.44. The minimum atomic E-state index is -0.748. The first-order chi connectivity index (χ1) is 19.6. The second-order valence-corrected chi connectivity index (χ2v) is 13.7. The van der Waals surface area contributed by atoms with Crippen LogP contribution in [0.2, 0.25) is 0 Å². The fourth-order valence-electron chi connectivity index (χ4n) is 5.79. The number of urea groups is 1. The van der Waals surface area contributed by atoms with E-state index in [2.05, 4.69) is 65.1 Å². The Morgan fingerprint density at radius 2 is 1.76 bits per heavy atom. The van der Waals surface area contributed by atoms with Crippen LogP contribution in [-0.2, 0) is 19.6 Å². The van der Waals surface area contributed by atoms with Gasteiger partial charge in [0.15, 0.2) is 23.5 Å². The first kappa shape index (κ1) is 30.1. The lowest BCUT2D eigenvalue weighted by atomic mass is 9.87. The lowest BCUT2D eigenvalue weighted by Gasteiger charge is -2.33. The van der Waals surface area contributed by atoms with E-state index in [1.54, 1.807) is 6.33 Å². The lowest BCUT2D eigenvalue weighted by Crippen LogP contribution is -2.45. The van der Waals surface area contributed by atoms with Crippen molar-refractivity contribution in [3.05, 3.63) is 42.5 Å². The number of anilines is 2. The molecule has 2 amide bonds. The molecule has 0 unspecified atom stereocenters. The van der Waals surface area contributed by atoms with Crippen LogP contribution < -0.4 is 16.4 Å². The fourth-order valence-corrected chi connectivity index (χ4v) is 5.79. The van der Waals surface area contributed by atoms with Gasteiger partial charge in [-0.1, -0.05) is 46.8 Å². The summed E-state index contributed by atoms with van der Waals surface area (Å²) < 4.78 is 21.0. The largest absolute Gasteiger partial charge is 0.382 e. The summed E-state index contributed by atoms with van der Waals surface area (Å²) in [4.78, 5) is 27.7. The highest BCUT2D eigenvalue weighted by Gasteiger charge is 2.56. The van der Waals surface area contributed by atoms with Crippen molar-refractivity contribution in [3.8, 4) is 0 Å². The number of nitrogens with two attached hydrogens (primary N) is 1. The molecular formula is C30H44N8O4. The zero-order valence-corrected chi connectivity index (χ0v) is 25.8. The van der Waals surface area contributed by atoms with Crippen LogP contribution in [0.5, 0.6) is 0 Å². The van der Waals surface area contributed by atoms with E-state index >= 15 is 0 Å². The van der Waals surface area contributed by atoms with Crippen LogP contribution in [0.1, 0.15) is 60.3 Å². The van der Waals surface area contributed by atoms with Crippen molar-refractivity contribution >= 4 is 28.7 Å². The normalized spacial score (nSPS) is 23.8. The van der Waals surface area contributed by atoms with Crippen LogP contribution >= 0.6 is 0 Å². The predicted octanol–water partition coefficient (Wildman–Crippen LogP) is 3.90. The summed E-state index contributed by atoms with van der Waals surface area (Å²) in [5, 5.41) is 5.96. The van der Waals surface area contributed by atoms with Crippen LogP contribution in [-0.4, -0.2) is 81.2 Å². The molecule has 0 aliphatic carbocycles. The van der Waals surface area contributed by atoms with E-state index in [0.29, 0.717) is 30.1 Å². The topological polar surface area (TPSA) is 142 Å². The molecule has 2 fully saturated rings. The third kappa shape index (κ3) is 6.51. The molecule has 228 valence electrons. The van der Waals surface area contributed by atoms with Gasteiger partial charge in [-0.2, -0.15) is 0 Å². The second kappa shape index (κ2) is 11.1. The highest BCUT2D eigenvalue weighted by molar-refractivity contribution is 5.89. The molecule has 2 aromatic heterocycles. The van der Waals surface area contributed by atoms with E-state index in [4.69, 9.17) is 19.9 Å². The summed E-state index contributed by atoms with van der Waals surface area (Å²) in [7, 11) is 2.05. The number of nitrogens with zero attached hydrogens (tertiary/aromatic N) is 5. The first-order valence-corrected chi connectivity index (χ1v) is 14.4. The molecule has 2 saturated heterocycles. The Labute approximate surface area is 247 Å². The maximum Gasteiger partial charge on any atom is 0.319 e. The standard InChI is InChI=1S/C30H44N8O4/c1-28(2,3)18-9-11-19(12-10-18)36-27(39)32-14-29(4,5)15-37(8)13-20-22-23(42-30(6,7)41-22)26(40-20)38-17-35-21-24(31)33-16-34-25(21)38/h9-12,16-17,20,22-23,26H,13-15H2,1-8H3,(H2,31,33,34)(H2,32,36,39)/t20-,22-,23-,26-/m1/s1. The Morgan fingerprint density at radius 1 is 1.07 bits per heavy atom. The van der Waals surface area contributed by atoms with E-state index in [-0.39, 0.29) is 35.2 Å². The lowest BCUT2D eigenvalue weighted by molar-refractivity contribution is -0.197. The van der Waals surface area contributed by atoms with Gasteiger partial charge in [0.2, 0.25) is 0 Å². The van der Waals surface area contributed by atoms with Gasteiger partial charge in [0, 0.05) is 25.3 Å². The van der Waals surface area contributed by atoms with Crippen LogP contribution in [0.3, 0.4) is 0 Å². The van der Waals surface area contributed by atoms with Gasteiger partial charge >= 0.3 is 6.03 Å². The first-order valence-electron chi connectivity index (χ1n) is 14.4. The summed E-state index contributed by atoms with van der Waals surface area (Å²) in [5.74, 6) is -0.432. The molecule has 4 atom stereocenters. The minimum absolute atomic E-state index is 0.0622. The zero-order valence-electron chi connectivity index (χ0n) is 25.8. The van der Waals surface area contributed by atoms with Gasteiger partial charge in [-0.15, -0.1) is 0 Å². The Morgan fingerprint density at radius 3 is 2.45 bits per heavy atom. The van der Waals surface area contributed by atoms with E-state index in [1.807, 2.05) is 49.7 Å². The van der Waals surface area contributed by atoms with Crippen molar-refractivity contribution in [2.75, 3.05) is 37.7 Å². The molecule has 1 aromatic carbocycles. The number of likely N-dealkylation sites (N-methyl/N-ethyl adjacent to an activating group) is 1. The number of hydrogen-bond acceptors (Lipinski definition) is 9. The van der Waals surface area contributed by atoms with Gasteiger partial charge in [-0.3, -0.25) is 4.57 Å². The number of rotatable bonds is 8. The van der Waals surface area contributed by atoms with Gasteiger partial charge < -0.3 is 35.5 Å². The van der Waals surface area contributed by atoms with Crippen molar-refractivity contribution in [1.82, 2.24) is 29.7 Å². The highest BCUT2D eigenvalue weighted by atomic mass is 16.8. The maximum atomic E-state index is 12.6. The number of nitrogens with one attached hydrogen (secondary N) is 2. The number of carbonyl (C=O) groups excluding carboxylic acids is 1. The number of imidazole rings is 1. The molecule has 0 bridgehead atoms. The van der Waals surface area contributed by atoms with Crippen molar-refractivity contribution in [1.29, 1.82) is 0 Å². The minimum Gasteiger partial charge on any atom is -0.382 e. The third-order valence-electron chi connectivity index (χ3n) is 7.71. The summed E-state index contributed by atoms with van der Waals surface area (Å²) in [5.41, 5.74) is 8.96. The van der Waals surface area contributed by atoms with E-state index < -0.39 is 12.0 Å². The second-order valence-electron chi connectivity index (χ2n) is 13.7. The van der Waals surface area contributed by atoms with Crippen LogP contribution in [0, 0.1) is 5.41 Å². The smallest absolute Gasteiger partial charge is 0.319 e. The van der Waals surface area contributed by atoms with Gasteiger partial charge in [0.25, 0.3) is 0 Å². The summed E-state index contributed by atoms with van der Waals surface area (Å²) in [6.07, 6.45) is 1.72. The Hall–Kier alpha value is -3.32. The monoisotopic (exact) mass is 580 g/mol. The van der Waals surface area contributed by atoms with Crippen LogP contribution in [0.15, 0.2) is 36.9 Å². The molecule has 4 N–H and O–H groups in total. The number of ether oxygens (including phenoxy) is 3. The summed E-state index contributed by atoms with van der Waals surface area (Å²) in [6.45, 7) is 16.4. The third-order valence-corrected chi connectivity index (χ3v) is 7.71. The zero-order chi connectivity index (χ0) is 30.4. The number of amides is 2. The molecule has 4 heterocycles. The summed E-state index contributed by atoms with van der Waals surface area (Å²) >= 11 is 0. The van der Waals surface area contributed by atoms with Crippen molar-refractivity contribution in [3.63, 3.8) is 0 Å². The molecule has 12 heteroatoms. The Balaban J connectivity index is 1.18. The molecule has 5 rings (SSSR count). The van der Waals surface area contributed by atoms with Gasteiger partial charge in [0.05, 0.1) is 6.33 Å². The quantitative estimate of drug-likeness (QED) is 0.362. The Bertz CT molecular complexity index is 1410. The summed E-state index contributed by atoms with van der Waals surface area (Å²) in [6, 6.07) is 7.74. The van der Waals surface area contributed by atoms with Crippen LogP contribution in [0.25, 0.3) is 11.2 Å². The molecule has 0 radical (unpaired) electrons. The SMILES string of the molecule is CN(C[C@H]1O[C@@H](n2cnc3c(N)ncnc32)[C@@H]2OC(C)(C)O[C@@H]21)CC(C)(C)CNC(=O)Nc1ccc(C(C)(C)C)cc1. The molecule has 2 aliphatic heterocycles. The average Bonchev–Trinajstić information content (AvgIpc) is 3.54. The number of nitrogen functional groups attached to an aromatic ring is 1. The molecule has 0 saturated carbocycles. The molecule has 3 aromatic rings. The van der Waals surface area contributed by atoms with E-state index in [0.717, 1.165) is 12.2 Å². The maximum absolute atomic E-state index is 12.6. The molecule has 12 nitrogen and oxygen atoms in total. The Kier molecular flexibility index (Phi) is 7.94. The van der Waals surface area contributed by atoms with Crippen molar-refractivity contribution in [2.24, 2.45) is 5.41 Å². The average molecular weight is 581 g/mol. The van der Waals surface area contributed by atoms with Crippen molar-refractivity contribution < 1.29 is 19.0 Å². The number of benzene rings is 1. The van der Waals surface area contributed by atoms with E-state index in [1.165, 1.54) is 11.9 Å². The molecule has 0 spiro atoms. The molecule has 2 aliphatic rings. The number of fused-ring (bicyclic) bond motifs is 2. The number of aromatic nitrogens is 4.